The highest BCUT2D eigenvalue weighted by Gasteiger charge is 2.24. The Kier molecular flexibility index (Phi) is 5.14. The molecular weight excluding hydrogens is 236 g/mol. The molecule has 2 rings (SSSR count). The van der Waals surface area contributed by atoms with Crippen LogP contribution in [0, 0.1) is 12.8 Å². The molecule has 1 aliphatic carbocycles. The van der Waals surface area contributed by atoms with Crippen LogP contribution < -0.4 is 5.32 Å². The van der Waals surface area contributed by atoms with Crippen LogP contribution in [0.1, 0.15) is 44.6 Å². The van der Waals surface area contributed by atoms with Crippen molar-refractivity contribution in [1.82, 2.24) is 14.9 Å². The van der Waals surface area contributed by atoms with Gasteiger partial charge in [-0.05, 0) is 38.6 Å². The van der Waals surface area contributed by atoms with Gasteiger partial charge in [-0.1, -0.05) is 13.8 Å². The Balaban J connectivity index is 1.98. The van der Waals surface area contributed by atoms with Crippen LogP contribution >= 0.6 is 0 Å². The highest BCUT2D eigenvalue weighted by atomic mass is 15.2. The van der Waals surface area contributed by atoms with Crippen molar-refractivity contribution in [3.63, 3.8) is 0 Å². The molecule has 1 aliphatic rings. The maximum atomic E-state index is 4.62. The quantitative estimate of drug-likeness (QED) is 0.782. The Morgan fingerprint density at radius 1 is 1.32 bits per heavy atom. The first-order valence-corrected chi connectivity index (χ1v) is 7.52. The predicted molar refractivity (Wildman–Crippen MR) is 79.2 cm³/mol. The minimum Gasteiger partial charge on any atom is -0.370 e. The van der Waals surface area contributed by atoms with Gasteiger partial charge in [-0.2, -0.15) is 0 Å². The molecule has 0 amide bonds. The van der Waals surface area contributed by atoms with Gasteiger partial charge in [0.25, 0.3) is 0 Å². The van der Waals surface area contributed by atoms with Gasteiger partial charge in [-0.25, -0.2) is 9.97 Å². The lowest BCUT2D eigenvalue weighted by Crippen LogP contribution is -2.26. The van der Waals surface area contributed by atoms with Gasteiger partial charge in [0, 0.05) is 24.8 Å². The zero-order chi connectivity index (χ0) is 13.7. The van der Waals surface area contributed by atoms with Crippen molar-refractivity contribution >= 4 is 5.82 Å². The molecule has 4 heteroatoms. The average molecular weight is 262 g/mol. The van der Waals surface area contributed by atoms with Crippen LogP contribution in [0.3, 0.4) is 0 Å². The minimum absolute atomic E-state index is 0.871. The number of anilines is 1. The molecule has 1 fully saturated rings. The van der Waals surface area contributed by atoms with Crippen molar-refractivity contribution in [1.29, 1.82) is 0 Å². The lowest BCUT2D eigenvalue weighted by atomic mass is 10.3. The Bertz CT molecular complexity index is 401. The second-order valence-corrected chi connectivity index (χ2v) is 5.51. The summed E-state index contributed by atoms with van der Waals surface area (Å²) in [4.78, 5) is 11.6. The Morgan fingerprint density at radius 3 is 2.74 bits per heavy atom. The third kappa shape index (κ3) is 4.78. The fourth-order valence-corrected chi connectivity index (χ4v) is 2.22. The van der Waals surface area contributed by atoms with E-state index in [-0.39, 0.29) is 0 Å². The van der Waals surface area contributed by atoms with Gasteiger partial charge in [0.2, 0.25) is 0 Å². The molecule has 0 aromatic carbocycles. The molecule has 1 heterocycles. The van der Waals surface area contributed by atoms with Crippen molar-refractivity contribution in [2.24, 2.45) is 5.92 Å². The van der Waals surface area contributed by atoms with Crippen molar-refractivity contribution in [3.8, 4) is 0 Å². The highest BCUT2D eigenvalue weighted by Crippen LogP contribution is 2.29. The Hall–Kier alpha value is -1.16. The van der Waals surface area contributed by atoms with Gasteiger partial charge in [0.15, 0.2) is 0 Å². The first-order chi connectivity index (χ1) is 9.21. The largest absolute Gasteiger partial charge is 0.370 e. The van der Waals surface area contributed by atoms with E-state index >= 15 is 0 Å². The molecule has 0 radical (unpaired) electrons. The summed E-state index contributed by atoms with van der Waals surface area (Å²) in [6.07, 6.45) is 3.91. The van der Waals surface area contributed by atoms with Crippen LogP contribution in [0.25, 0.3) is 0 Å². The van der Waals surface area contributed by atoms with E-state index in [9.17, 15) is 0 Å². The maximum absolute atomic E-state index is 4.62. The van der Waals surface area contributed by atoms with E-state index < -0.39 is 0 Å². The molecule has 106 valence electrons. The van der Waals surface area contributed by atoms with Crippen molar-refractivity contribution < 1.29 is 0 Å². The molecule has 0 bridgehead atoms. The molecule has 4 nitrogen and oxygen atoms in total. The lowest BCUT2D eigenvalue weighted by Gasteiger charge is -2.19. The first-order valence-electron chi connectivity index (χ1n) is 7.52. The fraction of sp³-hybridized carbons (Fsp3) is 0.733. The summed E-state index contributed by atoms with van der Waals surface area (Å²) in [6, 6.07) is 2.02. The SMILES string of the molecule is CCCNc1cc(C)nc(CN(CC)CC2CC2)n1. The average Bonchev–Trinajstić information content (AvgIpc) is 3.19. The van der Waals surface area contributed by atoms with Crippen molar-refractivity contribution in [2.45, 2.75) is 46.6 Å². The summed E-state index contributed by atoms with van der Waals surface area (Å²) < 4.78 is 0. The second-order valence-electron chi connectivity index (χ2n) is 5.51. The normalized spacial score (nSPS) is 14.9. The van der Waals surface area contributed by atoms with Crippen molar-refractivity contribution in [3.05, 3.63) is 17.6 Å². The van der Waals surface area contributed by atoms with Crippen LogP contribution in [0.5, 0.6) is 0 Å². The van der Waals surface area contributed by atoms with E-state index in [1.165, 1.54) is 19.4 Å². The van der Waals surface area contributed by atoms with E-state index in [0.29, 0.717) is 0 Å². The monoisotopic (exact) mass is 262 g/mol. The van der Waals surface area contributed by atoms with Gasteiger partial charge in [0.1, 0.15) is 11.6 Å². The topological polar surface area (TPSA) is 41.1 Å². The number of hydrogen-bond acceptors (Lipinski definition) is 4. The minimum atomic E-state index is 0.871. The molecule has 0 atom stereocenters. The highest BCUT2D eigenvalue weighted by molar-refractivity contribution is 5.35. The molecule has 1 aromatic rings. The van der Waals surface area contributed by atoms with E-state index in [0.717, 1.165) is 49.3 Å². The van der Waals surface area contributed by atoms with Gasteiger partial charge in [-0.3, -0.25) is 4.90 Å². The summed E-state index contributed by atoms with van der Waals surface area (Å²) in [5.74, 6) is 2.83. The number of hydrogen-bond donors (Lipinski definition) is 1. The Morgan fingerprint density at radius 2 is 2.11 bits per heavy atom. The zero-order valence-corrected chi connectivity index (χ0v) is 12.4. The van der Waals surface area contributed by atoms with Crippen LogP contribution in [0.15, 0.2) is 6.07 Å². The van der Waals surface area contributed by atoms with Gasteiger partial charge >= 0.3 is 0 Å². The molecule has 0 unspecified atom stereocenters. The molecule has 1 saturated carbocycles. The van der Waals surface area contributed by atoms with Gasteiger partial charge in [-0.15, -0.1) is 0 Å². The van der Waals surface area contributed by atoms with E-state index in [4.69, 9.17) is 0 Å². The number of aryl methyl sites for hydroxylation is 1. The molecule has 19 heavy (non-hydrogen) atoms. The third-order valence-electron chi connectivity index (χ3n) is 3.48. The zero-order valence-electron chi connectivity index (χ0n) is 12.4. The molecule has 1 N–H and O–H groups in total. The number of nitrogens with one attached hydrogen (secondary N) is 1. The summed E-state index contributed by atoms with van der Waals surface area (Å²) in [7, 11) is 0. The molecular formula is C15H26N4. The molecule has 0 saturated heterocycles. The van der Waals surface area contributed by atoms with Gasteiger partial charge < -0.3 is 5.32 Å². The predicted octanol–water partition coefficient (Wildman–Crippen LogP) is 2.84. The van der Waals surface area contributed by atoms with Crippen molar-refractivity contribution in [2.75, 3.05) is 25.0 Å². The number of aromatic nitrogens is 2. The molecule has 0 aliphatic heterocycles. The molecule has 0 spiro atoms. The smallest absolute Gasteiger partial charge is 0.144 e. The fourth-order valence-electron chi connectivity index (χ4n) is 2.22. The summed E-state index contributed by atoms with van der Waals surface area (Å²) in [5.41, 5.74) is 1.05. The van der Waals surface area contributed by atoms with E-state index in [2.05, 4.69) is 34.0 Å². The molecule has 1 aromatic heterocycles. The van der Waals surface area contributed by atoms with E-state index in [1.807, 2.05) is 13.0 Å². The summed E-state index contributed by atoms with van der Waals surface area (Å²) in [6.45, 7) is 10.5. The summed E-state index contributed by atoms with van der Waals surface area (Å²) >= 11 is 0. The number of nitrogens with zero attached hydrogens (tertiary/aromatic N) is 3. The van der Waals surface area contributed by atoms with Crippen LogP contribution in [0.2, 0.25) is 0 Å². The second kappa shape index (κ2) is 6.85. The van der Waals surface area contributed by atoms with E-state index in [1.54, 1.807) is 0 Å². The van der Waals surface area contributed by atoms with Crippen LogP contribution in [0.4, 0.5) is 5.82 Å². The van der Waals surface area contributed by atoms with Crippen LogP contribution in [-0.4, -0.2) is 34.5 Å². The third-order valence-corrected chi connectivity index (χ3v) is 3.48. The summed E-state index contributed by atoms with van der Waals surface area (Å²) in [5, 5.41) is 3.35. The van der Waals surface area contributed by atoms with Crippen LogP contribution in [-0.2, 0) is 6.54 Å². The lowest BCUT2D eigenvalue weighted by molar-refractivity contribution is 0.262. The first kappa shape index (κ1) is 14.3. The maximum Gasteiger partial charge on any atom is 0.144 e. The standard InChI is InChI=1S/C15H26N4/c1-4-8-16-14-9-12(3)17-15(18-14)11-19(5-2)10-13-6-7-13/h9,13H,4-8,10-11H2,1-3H3,(H,16,17,18). The number of rotatable bonds is 8. The Labute approximate surface area is 116 Å². The van der Waals surface area contributed by atoms with Gasteiger partial charge in [0.05, 0.1) is 6.54 Å².